The van der Waals surface area contributed by atoms with Gasteiger partial charge in [-0.3, -0.25) is 4.79 Å². The Hall–Kier alpha value is -0.410. The summed E-state index contributed by atoms with van der Waals surface area (Å²) >= 11 is 0. The normalized spacial score (nSPS) is 60.1. The number of ketones is 1. The van der Waals surface area contributed by atoms with Crippen molar-refractivity contribution < 1.29 is 14.3 Å². The van der Waals surface area contributed by atoms with Crippen LogP contribution in [0.4, 0.5) is 0 Å². The van der Waals surface area contributed by atoms with Gasteiger partial charge < -0.3 is 9.47 Å². The molecule has 2 heterocycles. The highest BCUT2D eigenvalue weighted by Gasteiger charge is 2.69. The van der Waals surface area contributed by atoms with Gasteiger partial charge in [0.05, 0.1) is 12.7 Å². The summed E-state index contributed by atoms with van der Waals surface area (Å²) in [5.41, 5.74) is 0.820. The van der Waals surface area contributed by atoms with Crippen LogP contribution in [0.5, 0.6) is 0 Å². The first-order valence-electron chi connectivity index (χ1n) is 13.1. The zero-order valence-electron chi connectivity index (χ0n) is 19.6. The van der Waals surface area contributed by atoms with E-state index in [-0.39, 0.29) is 5.79 Å². The molecule has 30 heavy (non-hydrogen) atoms. The van der Waals surface area contributed by atoms with E-state index in [0.717, 1.165) is 50.0 Å². The van der Waals surface area contributed by atoms with Crippen molar-refractivity contribution in [3.8, 4) is 0 Å². The number of fused-ring (bicyclic) bond motifs is 7. The Balaban J connectivity index is 1.26. The lowest BCUT2D eigenvalue weighted by atomic mass is 9.44. The molecule has 0 amide bonds. The van der Waals surface area contributed by atoms with E-state index in [2.05, 4.69) is 27.7 Å². The molecule has 6 fully saturated rings. The summed E-state index contributed by atoms with van der Waals surface area (Å²) in [6.45, 7) is 10.8. The number of Topliss-reactive ketones (excluding diaryl/α,β-unsaturated/α-hetero) is 1. The van der Waals surface area contributed by atoms with Crippen molar-refractivity contribution in [2.24, 2.45) is 52.3 Å². The maximum atomic E-state index is 12.2. The Morgan fingerprint density at radius 2 is 1.77 bits per heavy atom. The second kappa shape index (κ2) is 6.56. The van der Waals surface area contributed by atoms with Crippen molar-refractivity contribution in [3.63, 3.8) is 0 Å². The van der Waals surface area contributed by atoms with Crippen molar-refractivity contribution in [3.05, 3.63) is 0 Å². The van der Waals surface area contributed by atoms with Crippen molar-refractivity contribution in [2.75, 3.05) is 6.61 Å². The van der Waals surface area contributed by atoms with Crippen LogP contribution in [0.3, 0.4) is 0 Å². The van der Waals surface area contributed by atoms with E-state index in [1.165, 1.54) is 38.5 Å². The van der Waals surface area contributed by atoms with Crippen LogP contribution < -0.4 is 0 Å². The first-order chi connectivity index (χ1) is 14.3. The number of ether oxygens (including phenoxy) is 2. The third kappa shape index (κ3) is 2.54. The Labute approximate surface area is 183 Å². The fourth-order valence-corrected chi connectivity index (χ4v) is 10.1. The maximum Gasteiger partial charge on any atom is 0.171 e. The second-order valence-corrected chi connectivity index (χ2v) is 12.9. The van der Waals surface area contributed by atoms with Gasteiger partial charge >= 0.3 is 0 Å². The molecule has 6 unspecified atom stereocenters. The topological polar surface area (TPSA) is 35.5 Å². The number of carbonyl (C=O) groups is 1. The van der Waals surface area contributed by atoms with Crippen LogP contribution in [0.25, 0.3) is 0 Å². The number of hydrogen-bond donors (Lipinski definition) is 0. The monoisotopic (exact) mass is 414 g/mol. The molecule has 0 aromatic heterocycles. The molecule has 2 aliphatic heterocycles. The Bertz CT molecular complexity index is 724. The minimum Gasteiger partial charge on any atom is -0.349 e. The quantitative estimate of drug-likeness (QED) is 0.487. The van der Waals surface area contributed by atoms with Crippen LogP contribution in [0.1, 0.15) is 91.9 Å². The Kier molecular flexibility index (Phi) is 4.42. The lowest BCUT2D eigenvalue weighted by Gasteiger charge is -2.60. The highest BCUT2D eigenvalue weighted by atomic mass is 16.7. The molecule has 4 aliphatic carbocycles. The highest BCUT2D eigenvalue weighted by Crippen LogP contribution is 2.71. The summed E-state index contributed by atoms with van der Waals surface area (Å²) in [6, 6.07) is 0. The summed E-state index contributed by atoms with van der Waals surface area (Å²) in [6.07, 6.45) is 12.2. The van der Waals surface area contributed by atoms with Gasteiger partial charge in [0.1, 0.15) is 5.78 Å². The van der Waals surface area contributed by atoms with E-state index < -0.39 is 0 Å². The molecule has 168 valence electrons. The molecule has 2 saturated heterocycles. The number of hydrogen-bond acceptors (Lipinski definition) is 3. The van der Waals surface area contributed by atoms with Crippen LogP contribution >= 0.6 is 0 Å². The molecule has 6 aliphatic rings. The minimum absolute atomic E-state index is 0.292. The third-order valence-electron chi connectivity index (χ3n) is 11.7. The zero-order valence-corrected chi connectivity index (χ0v) is 19.6. The van der Waals surface area contributed by atoms with Crippen molar-refractivity contribution in [1.29, 1.82) is 0 Å². The number of rotatable bonds is 0. The number of carbonyl (C=O) groups excluding carboxylic acids is 1. The fourth-order valence-electron chi connectivity index (χ4n) is 10.1. The summed E-state index contributed by atoms with van der Waals surface area (Å²) in [5.74, 6) is 5.23. The molecule has 1 spiro atoms. The average Bonchev–Trinajstić information content (AvgIpc) is 3.16. The molecule has 6 rings (SSSR count). The molecule has 11 atom stereocenters. The summed E-state index contributed by atoms with van der Waals surface area (Å²) < 4.78 is 13.4. The highest BCUT2D eigenvalue weighted by molar-refractivity contribution is 5.79. The van der Waals surface area contributed by atoms with Crippen LogP contribution in [0.15, 0.2) is 0 Å². The van der Waals surface area contributed by atoms with Gasteiger partial charge in [-0.2, -0.15) is 0 Å². The van der Waals surface area contributed by atoms with Gasteiger partial charge in [0.2, 0.25) is 0 Å². The van der Waals surface area contributed by atoms with E-state index in [1.807, 2.05) is 0 Å². The predicted octanol–water partition coefficient (Wildman–Crippen LogP) is 6.00. The van der Waals surface area contributed by atoms with Gasteiger partial charge in [-0.25, -0.2) is 0 Å². The van der Waals surface area contributed by atoms with Gasteiger partial charge in [-0.15, -0.1) is 0 Å². The van der Waals surface area contributed by atoms with Crippen molar-refractivity contribution in [2.45, 2.75) is 104 Å². The summed E-state index contributed by atoms with van der Waals surface area (Å²) in [7, 11) is 0. The first-order valence-corrected chi connectivity index (χ1v) is 13.1. The second-order valence-electron chi connectivity index (χ2n) is 12.9. The molecule has 0 bridgehead atoms. The van der Waals surface area contributed by atoms with Gasteiger partial charge in [0.25, 0.3) is 0 Å². The van der Waals surface area contributed by atoms with Crippen molar-refractivity contribution in [1.82, 2.24) is 0 Å². The molecular weight excluding hydrogens is 372 g/mol. The molecule has 0 radical (unpaired) electrons. The minimum atomic E-state index is -0.292. The lowest BCUT2D eigenvalue weighted by Crippen LogP contribution is -2.54. The fraction of sp³-hybridized carbons (Fsp3) is 0.963. The van der Waals surface area contributed by atoms with Crippen LogP contribution in [0, 0.1) is 52.3 Å². The van der Waals surface area contributed by atoms with Crippen LogP contribution in [-0.4, -0.2) is 24.3 Å². The average molecular weight is 415 g/mol. The van der Waals surface area contributed by atoms with Gasteiger partial charge in [-0.05, 0) is 91.3 Å². The Morgan fingerprint density at radius 1 is 0.933 bits per heavy atom. The van der Waals surface area contributed by atoms with E-state index in [4.69, 9.17) is 9.47 Å². The van der Waals surface area contributed by atoms with E-state index in [0.29, 0.717) is 46.4 Å². The van der Waals surface area contributed by atoms with Crippen molar-refractivity contribution >= 4 is 5.78 Å². The van der Waals surface area contributed by atoms with Gasteiger partial charge in [-0.1, -0.05) is 27.7 Å². The molecule has 0 aromatic carbocycles. The predicted molar refractivity (Wildman–Crippen MR) is 117 cm³/mol. The maximum absolute atomic E-state index is 12.2. The summed E-state index contributed by atoms with van der Waals surface area (Å²) in [4.78, 5) is 12.2. The third-order valence-corrected chi connectivity index (χ3v) is 11.7. The standard InChI is InChI=1S/C27H42O3/c1-16-7-12-27(29-15-16)17(2)24-23(30-27)14-22-20-6-5-18-13-19(28)8-10-25(18,3)21(20)9-11-26(22,24)4/h16-18,20-24H,5-15H2,1-4H3/t16-,17-,18?,20?,21?,22?,23?,24?,25-,26-,27+/m0/s1. The van der Waals surface area contributed by atoms with E-state index >= 15 is 0 Å². The Morgan fingerprint density at radius 3 is 2.53 bits per heavy atom. The zero-order chi connectivity index (χ0) is 20.9. The molecule has 0 N–H and O–H groups in total. The molecular formula is C27H42O3. The van der Waals surface area contributed by atoms with Gasteiger partial charge in [0.15, 0.2) is 5.79 Å². The molecule has 0 aromatic rings. The van der Waals surface area contributed by atoms with Crippen LogP contribution in [-0.2, 0) is 14.3 Å². The largest absolute Gasteiger partial charge is 0.349 e. The lowest BCUT2D eigenvalue weighted by molar-refractivity contribution is -0.273. The first kappa shape index (κ1) is 20.2. The summed E-state index contributed by atoms with van der Waals surface area (Å²) in [5, 5.41) is 0. The van der Waals surface area contributed by atoms with Gasteiger partial charge in [0, 0.05) is 25.2 Å². The molecule has 3 heteroatoms. The SMILES string of the molecule is C[C@H]1CC[C@@]2(OC1)OC1CC3C4CCC5CC(=O)CC[C@]5(C)C4CC[C@]3(C)C1[C@@H]2C. The molecule has 4 saturated carbocycles. The van der Waals surface area contributed by atoms with E-state index in [1.54, 1.807) is 0 Å². The smallest absolute Gasteiger partial charge is 0.171 e. The van der Waals surface area contributed by atoms with E-state index in [9.17, 15) is 4.79 Å². The van der Waals surface area contributed by atoms with Crippen LogP contribution in [0.2, 0.25) is 0 Å². The molecule has 3 nitrogen and oxygen atoms in total.